The summed E-state index contributed by atoms with van der Waals surface area (Å²) in [5.74, 6) is -0.00437. The third-order valence-corrected chi connectivity index (χ3v) is 5.58. The highest BCUT2D eigenvalue weighted by Crippen LogP contribution is 2.25. The van der Waals surface area contributed by atoms with Crippen LogP contribution in [0.5, 0.6) is 12.0 Å². The molecule has 0 bridgehead atoms. The van der Waals surface area contributed by atoms with Crippen LogP contribution in [-0.2, 0) is 11.3 Å². The maximum atomic E-state index is 12.5. The summed E-state index contributed by atoms with van der Waals surface area (Å²) >= 11 is 0. The van der Waals surface area contributed by atoms with E-state index in [0.29, 0.717) is 24.4 Å². The number of benzene rings is 1. The molecule has 1 saturated heterocycles. The number of methoxy groups -OCH3 is 1. The lowest BCUT2D eigenvalue weighted by molar-refractivity contribution is 0.0947. The molecule has 182 valence electrons. The van der Waals surface area contributed by atoms with Crippen LogP contribution in [0.2, 0.25) is 0 Å². The van der Waals surface area contributed by atoms with Crippen LogP contribution >= 0.6 is 0 Å². The van der Waals surface area contributed by atoms with Crippen LogP contribution in [-0.4, -0.2) is 95.0 Å². The summed E-state index contributed by atoms with van der Waals surface area (Å²) in [5, 5.41) is 16.7. The number of nitrogens with one attached hydrogen (secondary N) is 2. The zero-order valence-corrected chi connectivity index (χ0v) is 19.2. The van der Waals surface area contributed by atoms with Crippen LogP contribution in [0.1, 0.15) is 15.9 Å². The Morgan fingerprint density at radius 1 is 1.18 bits per heavy atom. The number of nitrogens with two attached hydrogens (primary N) is 1. The van der Waals surface area contributed by atoms with E-state index in [9.17, 15) is 9.90 Å². The van der Waals surface area contributed by atoms with E-state index in [4.69, 9.17) is 15.2 Å². The number of piperazine rings is 1. The van der Waals surface area contributed by atoms with Crippen molar-refractivity contribution in [3.05, 3.63) is 35.4 Å². The molecule has 1 aliphatic rings. The number of nitrogen functional groups attached to an aromatic ring is 1. The highest BCUT2D eigenvalue weighted by Gasteiger charge is 2.17. The van der Waals surface area contributed by atoms with Gasteiger partial charge in [-0.1, -0.05) is 12.1 Å². The van der Waals surface area contributed by atoms with E-state index in [1.54, 1.807) is 19.2 Å². The van der Waals surface area contributed by atoms with Gasteiger partial charge in [0.2, 0.25) is 0 Å². The van der Waals surface area contributed by atoms with Crippen molar-refractivity contribution in [1.82, 2.24) is 35.1 Å². The Labute approximate surface area is 197 Å². The van der Waals surface area contributed by atoms with Crippen molar-refractivity contribution in [2.45, 2.75) is 6.54 Å². The van der Waals surface area contributed by atoms with Gasteiger partial charge in [0, 0.05) is 51.9 Å². The number of hydrogen-bond donors (Lipinski definition) is 4. The molecule has 1 amide bonds. The molecule has 4 rings (SSSR count). The number of carbonyl (C=O) groups excluding carboxylic acids is 1. The lowest BCUT2D eigenvalue weighted by Gasteiger charge is -2.27. The van der Waals surface area contributed by atoms with Gasteiger partial charge in [-0.25, -0.2) is 0 Å². The highest BCUT2D eigenvalue weighted by atomic mass is 16.5. The molecule has 0 saturated carbocycles. The van der Waals surface area contributed by atoms with Gasteiger partial charge in [0.05, 0.1) is 13.2 Å². The summed E-state index contributed by atoms with van der Waals surface area (Å²) in [6.45, 7) is 6.32. The van der Waals surface area contributed by atoms with Crippen molar-refractivity contribution in [2.24, 2.45) is 0 Å². The number of nitrogens with zero attached hydrogens (tertiary/aromatic N) is 5. The van der Waals surface area contributed by atoms with Crippen molar-refractivity contribution in [3.63, 3.8) is 0 Å². The standard InChI is InChI=1S/C22H30N8O4/c1-33-12-13-34-21-27-18(23)17-19(28-21)30(22(32)26-17)14-15-2-4-16(5-3-15)20(31)25-8-11-29-9-6-24-7-10-29/h2-5,24H,6-14H2,1H3,(H,25,31)(H,26,32)(H2,23,27,28). The van der Waals surface area contributed by atoms with E-state index in [2.05, 4.69) is 30.5 Å². The average Bonchev–Trinajstić information content (AvgIpc) is 3.16. The van der Waals surface area contributed by atoms with Gasteiger partial charge in [-0.15, -0.1) is 0 Å². The maximum absolute atomic E-state index is 12.5. The van der Waals surface area contributed by atoms with Crippen molar-refractivity contribution >= 4 is 22.9 Å². The van der Waals surface area contributed by atoms with Gasteiger partial charge < -0.3 is 30.9 Å². The zero-order valence-electron chi connectivity index (χ0n) is 19.2. The Hall–Kier alpha value is -3.48. The predicted molar refractivity (Wildman–Crippen MR) is 126 cm³/mol. The van der Waals surface area contributed by atoms with Crippen molar-refractivity contribution in [1.29, 1.82) is 0 Å². The van der Waals surface area contributed by atoms with E-state index in [1.807, 2.05) is 12.1 Å². The van der Waals surface area contributed by atoms with Crippen LogP contribution < -0.4 is 21.1 Å². The number of aromatic hydroxyl groups is 1. The number of fused-ring (bicyclic) bond motifs is 1. The second-order valence-corrected chi connectivity index (χ2v) is 7.95. The highest BCUT2D eigenvalue weighted by molar-refractivity contribution is 5.94. The molecule has 34 heavy (non-hydrogen) atoms. The number of amides is 1. The first-order valence-electron chi connectivity index (χ1n) is 11.2. The number of rotatable bonds is 10. The van der Waals surface area contributed by atoms with Gasteiger partial charge in [0.25, 0.3) is 11.9 Å². The molecular weight excluding hydrogens is 440 g/mol. The molecule has 5 N–H and O–H groups in total. The Kier molecular flexibility index (Phi) is 7.72. The smallest absolute Gasteiger partial charge is 0.320 e. The fourth-order valence-corrected chi connectivity index (χ4v) is 3.72. The molecular formula is C22H30N8O4. The molecule has 12 nitrogen and oxygen atoms in total. The molecule has 1 fully saturated rings. The molecule has 3 aromatic rings. The quantitative estimate of drug-likeness (QED) is 0.294. The Morgan fingerprint density at radius 3 is 2.68 bits per heavy atom. The molecule has 0 unspecified atom stereocenters. The Balaban J connectivity index is 1.40. The molecule has 12 heteroatoms. The molecule has 0 radical (unpaired) electrons. The topological polar surface area (TPSA) is 153 Å². The first-order chi connectivity index (χ1) is 16.5. The van der Waals surface area contributed by atoms with E-state index in [-0.39, 0.29) is 42.4 Å². The number of aromatic nitrogens is 4. The molecule has 0 atom stereocenters. The summed E-state index contributed by atoms with van der Waals surface area (Å²) in [6.07, 6.45) is 0. The van der Waals surface area contributed by atoms with Crippen LogP contribution in [0.4, 0.5) is 5.82 Å². The monoisotopic (exact) mass is 470 g/mol. The number of hydrogen-bond acceptors (Lipinski definition) is 10. The largest absolute Gasteiger partial charge is 0.480 e. The van der Waals surface area contributed by atoms with E-state index in [0.717, 1.165) is 38.3 Å². The number of imidazole rings is 1. The minimum absolute atomic E-state index is 0.0797. The van der Waals surface area contributed by atoms with Gasteiger partial charge in [0.15, 0.2) is 17.0 Å². The number of anilines is 1. The molecule has 1 aliphatic heterocycles. The SMILES string of the molecule is COCCOc1nc(N)c2nc(O)n(Cc3ccc(C(=O)NCCN4CCNCC4)cc3)c2n1. The van der Waals surface area contributed by atoms with E-state index < -0.39 is 0 Å². The lowest BCUT2D eigenvalue weighted by Crippen LogP contribution is -2.46. The van der Waals surface area contributed by atoms with Gasteiger partial charge in [-0.2, -0.15) is 15.0 Å². The fourth-order valence-electron chi connectivity index (χ4n) is 3.72. The summed E-state index contributed by atoms with van der Waals surface area (Å²) in [6, 6.07) is 7.02. The van der Waals surface area contributed by atoms with Crippen molar-refractivity contribution in [3.8, 4) is 12.0 Å². The lowest BCUT2D eigenvalue weighted by atomic mass is 10.1. The van der Waals surface area contributed by atoms with Crippen LogP contribution in [0.15, 0.2) is 24.3 Å². The van der Waals surface area contributed by atoms with Gasteiger partial charge in [-0.05, 0) is 17.7 Å². The second-order valence-electron chi connectivity index (χ2n) is 7.95. The first kappa shape index (κ1) is 23.7. The minimum atomic E-state index is -0.236. The molecule has 3 heterocycles. The zero-order chi connectivity index (χ0) is 23.9. The van der Waals surface area contributed by atoms with Crippen LogP contribution in [0.3, 0.4) is 0 Å². The number of carbonyl (C=O) groups is 1. The third kappa shape index (κ3) is 5.71. The summed E-state index contributed by atoms with van der Waals surface area (Å²) in [5.41, 5.74) is 8.05. The first-order valence-corrected chi connectivity index (χ1v) is 11.2. The molecule has 0 aliphatic carbocycles. The van der Waals surface area contributed by atoms with E-state index >= 15 is 0 Å². The second kappa shape index (κ2) is 11.1. The number of ether oxygens (including phenoxy) is 2. The normalized spacial score (nSPS) is 14.4. The summed E-state index contributed by atoms with van der Waals surface area (Å²) in [7, 11) is 1.57. The predicted octanol–water partition coefficient (Wildman–Crippen LogP) is -0.177. The Morgan fingerprint density at radius 2 is 1.94 bits per heavy atom. The average molecular weight is 471 g/mol. The van der Waals surface area contributed by atoms with Gasteiger partial charge >= 0.3 is 6.01 Å². The molecule has 1 aromatic carbocycles. The third-order valence-electron chi connectivity index (χ3n) is 5.58. The summed E-state index contributed by atoms with van der Waals surface area (Å²) in [4.78, 5) is 27.3. The van der Waals surface area contributed by atoms with Crippen molar-refractivity contribution in [2.75, 3.05) is 65.3 Å². The minimum Gasteiger partial charge on any atom is -0.480 e. The van der Waals surface area contributed by atoms with Crippen LogP contribution in [0, 0.1) is 0 Å². The molecule has 0 spiro atoms. The maximum Gasteiger partial charge on any atom is 0.320 e. The van der Waals surface area contributed by atoms with Crippen molar-refractivity contribution < 1.29 is 19.4 Å². The summed E-state index contributed by atoms with van der Waals surface area (Å²) < 4.78 is 11.9. The van der Waals surface area contributed by atoms with Gasteiger partial charge in [-0.3, -0.25) is 14.3 Å². The van der Waals surface area contributed by atoms with Gasteiger partial charge in [0.1, 0.15) is 6.61 Å². The van der Waals surface area contributed by atoms with E-state index in [1.165, 1.54) is 4.57 Å². The fraction of sp³-hybridized carbons (Fsp3) is 0.455. The Bertz CT molecular complexity index is 1110. The van der Waals surface area contributed by atoms with Crippen LogP contribution in [0.25, 0.3) is 11.2 Å². The molecule has 2 aromatic heterocycles.